The van der Waals surface area contributed by atoms with Gasteiger partial charge in [-0.05, 0) is 17.7 Å². The van der Waals surface area contributed by atoms with Gasteiger partial charge in [0.2, 0.25) is 0 Å². The summed E-state index contributed by atoms with van der Waals surface area (Å²) in [4.78, 5) is 14.9. The molecular weight excluding hydrogens is 250 g/mol. The van der Waals surface area contributed by atoms with Gasteiger partial charge in [0, 0.05) is 10.9 Å². The monoisotopic (exact) mass is 259 g/mol. The Bertz CT molecular complexity index is 312. The molecule has 0 fully saturated rings. The van der Waals surface area contributed by atoms with Crippen LogP contribution < -0.4 is 5.90 Å². The molecule has 0 saturated heterocycles. The van der Waals surface area contributed by atoms with Crippen molar-refractivity contribution in [3.05, 3.63) is 34.3 Å². The van der Waals surface area contributed by atoms with E-state index in [1.165, 1.54) is 0 Å². The van der Waals surface area contributed by atoms with Crippen molar-refractivity contribution in [1.82, 2.24) is 0 Å². The van der Waals surface area contributed by atoms with Gasteiger partial charge in [-0.25, -0.2) is 10.7 Å². The van der Waals surface area contributed by atoms with Crippen molar-refractivity contribution in [2.75, 3.05) is 0 Å². The van der Waals surface area contributed by atoms with E-state index in [-0.39, 0.29) is 6.42 Å². The molecule has 0 aromatic heterocycles. The normalized spacial score (nSPS) is 12.4. The van der Waals surface area contributed by atoms with Crippen LogP contribution in [0.4, 0.5) is 0 Å². The quantitative estimate of drug-likeness (QED) is 0.801. The molecule has 0 bridgehead atoms. The fourth-order valence-electron chi connectivity index (χ4n) is 1.03. The summed E-state index contributed by atoms with van der Waals surface area (Å²) < 4.78 is 0.946. The topological polar surface area (TPSA) is 72.5 Å². The van der Waals surface area contributed by atoms with Gasteiger partial charge < -0.3 is 5.11 Å². The zero-order chi connectivity index (χ0) is 10.6. The van der Waals surface area contributed by atoms with Crippen LogP contribution in [0.1, 0.15) is 5.56 Å². The number of nitrogens with two attached hydrogens (primary N) is 1. The molecule has 5 heteroatoms. The molecule has 1 unspecified atom stereocenters. The van der Waals surface area contributed by atoms with Gasteiger partial charge in [-0.15, -0.1) is 0 Å². The first kappa shape index (κ1) is 11.2. The minimum Gasteiger partial charge on any atom is -0.479 e. The second kappa shape index (κ2) is 5.09. The summed E-state index contributed by atoms with van der Waals surface area (Å²) in [5.74, 6) is 3.80. The Morgan fingerprint density at radius 1 is 1.50 bits per heavy atom. The number of carbonyl (C=O) groups is 1. The highest BCUT2D eigenvalue weighted by atomic mass is 79.9. The maximum atomic E-state index is 10.6. The highest BCUT2D eigenvalue weighted by molar-refractivity contribution is 9.10. The van der Waals surface area contributed by atoms with Crippen molar-refractivity contribution >= 4 is 21.9 Å². The van der Waals surface area contributed by atoms with Crippen LogP contribution in [0, 0.1) is 0 Å². The van der Waals surface area contributed by atoms with E-state index in [2.05, 4.69) is 20.8 Å². The molecule has 0 amide bonds. The molecule has 1 aromatic rings. The fourth-order valence-corrected chi connectivity index (χ4v) is 1.29. The van der Waals surface area contributed by atoms with E-state index in [0.29, 0.717) is 0 Å². The van der Waals surface area contributed by atoms with Crippen molar-refractivity contribution < 1.29 is 14.7 Å². The van der Waals surface area contributed by atoms with Crippen LogP contribution in [-0.4, -0.2) is 17.2 Å². The average molecular weight is 260 g/mol. The van der Waals surface area contributed by atoms with Gasteiger partial charge in [-0.3, -0.25) is 4.84 Å². The highest BCUT2D eigenvalue weighted by Gasteiger charge is 2.17. The van der Waals surface area contributed by atoms with Crippen molar-refractivity contribution in [3.8, 4) is 0 Å². The highest BCUT2D eigenvalue weighted by Crippen LogP contribution is 2.12. The lowest BCUT2D eigenvalue weighted by atomic mass is 10.1. The molecule has 1 rings (SSSR count). The zero-order valence-corrected chi connectivity index (χ0v) is 8.90. The Hall–Kier alpha value is -0.910. The van der Waals surface area contributed by atoms with E-state index in [4.69, 9.17) is 11.0 Å². The number of halogens is 1. The predicted molar refractivity (Wildman–Crippen MR) is 54.5 cm³/mol. The molecule has 0 saturated carbocycles. The maximum Gasteiger partial charge on any atom is 0.335 e. The first-order valence-corrected chi connectivity index (χ1v) is 4.75. The summed E-state index contributed by atoms with van der Waals surface area (Å²) in [6.45, 7) is 0. The molecule has 0 aliphatic carbocycles. The molecule has 0 heterocycles. The molecule has 1 atom stereocenters. The summed E-state index contributed by atoms with van der Waals surface area (Å²) in [5.41, 5.74) is 0.867. The van der Waals surface area contributed by atoms with Gasteiger partial charge in [0.1, 0.15) is 0 Å². The van der Waals surface area contributed by atoms with Gasteiger partial charge in [-0.2, -0.15) is 0 Å². The molecule has 1 aromatic carbocycles. The van der Waals surface area contributed by atoms with E-state index in [9.17, 15) is 4.79 Å². The largest absolute Gasteiger partial charge is 0.479 e. The standard InChI is InChI=1S/C9H10BrNO3/c10-7-3-1-6(2-4-7)5-8(14-11)9(12)13/h1-4,8H,5,11H2,(H,12,13). The molecule has 14 heavy (non-hydrogen) atoms. The summed E-state index contributed by atoms with van der Waals surface area (Å²) in [7, 11) is 0. The van der Waals surface area contributed by atoms with Crippen molar-refractivity contribution in [1.29, 1.82) is 0 Å². The SMILES string of the molecule is NOC(Cc1ccc(Br)cc1)C(=O)O. The van der Waals surface area contributed by atoms with Crippen molar-refractivity contribution in [2.24, 2.45) is 5.90 Å². The number of carboxylic acids is 1. The predicted octanol–water partition coefficient (Wildman–Crippen LogP) is 1.34. The Balaban J connectivity index is 2.67. The van der Waals surface area contributed by atoms with Gasteiger partial charge in [0.25, 0.3) is 0 Å². The van der Waals surface area contributed by atoms with Crippen molar-refractivity contribution in [3.63, 3.8) is 0 Å². The summed E-state index contributed by atoms with van der Waals surface area (Å²) in [5, 5.41) is 8.67. The number of benzene rings is 1. The Kier molecular flexibility index (Phi) is 4.06. The molecule has 0 spiro atoms. The number of rotatable bonds is 4. The van der Waals surface area contributed by atoms with Crippen LogP contribution in [0.2, 0.25) is 0 Å². The van der Waals surface area contributed by atoms with Crippen LogP contribution in [0.3, 0.4) is 0 Å². The van der Waals surface area contributed by atoms with E-state index in [1.54, 1.807) is 0 Å². The van der Waals surface area contributed by atoms with Gasteiger partial charge in [0.05, 0.1) is 0 Å². The first-order chi connectivity index (χ1) is 6.63. The Labute approximate surface area is 89.8 Å². The summed E-state index contributed by atoms with van der Waals surface area (Å²) in [6, 6.07) is 7.31. The summed E-state index contributed by atoms with van der Waals surface area (Å²) >= 11 is 3.29. The van der Waals surface area contributed by atoms with Crippen LogP contribution >= 0.6 is 15.9 Å². The molecule has 0 aliphatic heterocycles. The van der Waals surface area contributed by atoms with Crippen LogP contribution in [0.5, 0.6) is 0 Å². The second-order valence-corrected chi connectivity index (χ2v) is 3.71. The third-order valence-corrected chi connectivity index (χ3v) is 2.30. The third-order valence-electron chi connectivity index (χ3n) is 1.77. The Morgan fingerprint density at radius 2 is 2.07 bits per heavy atom. The third kappa shape index (κ3) is 3.10. The van der Waals surface area contributed by atoms with Crippen LogP contribution in [0.25, 0.3) is 0 Å². The molecular formula is C9H10BrNO3. The number of aliphatic carboxylic acids is 1. The lowest BCUT2D eigenvalue weighted by molar-refractivity contribution is -0.150. The van der Waals surface area contributed by atoms with E-state index < -0.39 is 12.1 Å². The second-order valence-electron chi connectivity index (χ2n) is 2.79. The lowest BCUT2D eigenvalue weighted by Crippen LogP contribution is -2.29. The minimum atomic E-state index is -1.06. The molecule has 4 nitrogen and oxygen atoms in total. The molecule has 76 valence electrons. The fraction of sp³-hybridized carbons (Fsp3) is 0.222. The number of carboxylic acid groups (broad SMARTS) is 1. The number of hydrogen-bond acceptors (Lipinski definition) is 3. The Morgan fingerprint density at radius 3 is 2.50 bits per heavy atom. The minimum absolute atomic E-state index is 0.263. The van der Waals surface area contributed by atoms with E-state index >= 15 is 0 Å². The molecule has 3 N–H and O–H groups in total. The van der Waals surface area contributed by atoms with Gasteiger partial charge in [-0.1, -0.05) is 28.1 Å². The maximum absolute atomic E-state index is 10.6. The average Bonchev–Trinajstić information content (AvgIpc) is 2.16. The first-order valence-electron chi connectivity index (χ1n) is 3.96. The van der Waals surface area contributed by atoms with Gasteiger partial charge in [0.15, 0.2) is 6.10 Å². The zero-order valence-electron chi connectivity index (χ0n) is 7.31. The van der Waals surface area contributed by atoms with Crippen LogP contribution in [-0.2, 0) is 16.1 Å². The smallest absolute Gasteiger partial charge is 0.335 e. The van der Waals surface area contributed by atoms with E-state index in [0.717, 1.165) is 10.0 Å². The van der Waals surface area contributed by atoms with Gasteiger partial charge >= 0.3 is 5.97 Å². The molecule has 0 radical (unpaired) electrons. The summed E-state index contributed by atoms with van der Waals surface area (Å²) in [6.07, 6.45) is -0.727. The number of hydrogen-bond donors (Lipinski definition) is 2. The van der Waals surface area contributed by atoms with Crippen LogP contribution in [0.15, 0.2) is 28.7 Å². The van der Waals surface area contributed by atoms with Crippen molar-refractivity contribution in [2.45, 2.75) is 12.5 Å². The van der Waals surface area contributed by atoms with E-state index in [1.807, 2.05) is 24.3 Å². The molecule has 0 aliphatic rings. The lowest BCUT2D eigenvalue weighted by Gasteiger charge is -2.09.